The lowest BCUT2D eigenvalue weighted by molar-refractivity contribution is -0.118. The summed E-state index contributed by atoms with van der Waals surface area (Å²) in [6.45, 7) is 1.96. The number of rotatable bonds is 2. The van der Waals surface area contributed by atoms with Gasteiger partial charge in [-0.3, -0.25) is 4.79 Å². The second-order valence-electron chi connectivity index (χ2n) is 4.22. The van der Waals surface area contributed by atoms with Crippen LogP contribution in [-0.4, -0.2) is 5.78 Å². The first-order chi connectivity index (χ1) is 7.66. The van der Waals surface area contributed by atoms with Crippen molar-refractivity contribution < 1.29 is 4.79 Å². The molecule has 1 aromatic rings. The summed E-state index contributed by atoms with van der Waals surface area (Å²) in [5.41, 5.74) is 8.36. The van der Waals surface area contributed by atoms with Gasteiger partial charge in [-0.25, -0.2) is 0 Å². The molecule has 0 saturated carbocycles. The Kier molecular flexibility index (Phi) is 2.95. The van der Waals surface area contributed by atoms with Crippen molar-refractivity contribution in [3.8, 4) is 0 Å². The van der Waals surface area contributed by atoms with Crippen LogP contribution < -0.4 is 11.1 Å². The fraction of sp³-hybridized carbons (Fsp3) is 0.308. The molecule has 84 valence electrons. The molecule has 3 heteroatoms. The minimum absolute atomic E-state index is 0.152. The van der Waals surface area contributed by atoms with E-state index in [0.29, 0.717) is 5.69 Å². The quantitative estimate of drug-likeness (QED) is 0.747. The van der Waals surface area contributed by atoms with Crippen molar-refractivity contribution in [3.05, 3.63) is 36.0 Å². The maximum atomic E-state index is 11.5. The van der Waals surface area contributed by atoms with Crippen molar-refractivity contribution in [2.24, 2.45) is 5.92 Å². The van der Waals surface area contributed by atoms with E-state index in [1.54, 1.807) is 6.08 Å². The minimum atomic E-state index is 0.152. The Balaban J connectivity index is 2.14. The van der Waals surface area contributed by atoms with Crippen molar-refractivity contribution >= 4 is 17.2 Å². The maximum Gasteiger partial charge on any atom is 0.160 e. The summed E-state index contributed by atoms with van der Waals surface area (Å²) in [5, 5.41) is 3.22. The Hall–Kier alpha value is -1.77. The van der Waals surface area contributed by atoms with Crippen LogP contribution in [0.1, 0.15) is 19.8 Å². The minimum Gasteiger partial charge on any atom is -0.397 e. The smallest absolute Gasteiger partial charge is 0.160 e. The first-order valence-electron chi connectivity index (χ1n) is 5.53. The second-order valence-corrected chi connectivity index (χ2v) is 4.22. The molecule has 3 nitrogen and oxygen atoms in total. The standard InChI is InChI=1S/C13H16N2O/c1-9-6-7-10(8-13(9)16)15-12-5-3-2-4-11(12)14/h2-5,8-9,15H,6-7,14H2,1H3. The van der Waals surface area contributed by atoms with Crippen molar-refractivity contribution in [1.82, 2.24) is 0 Å². The van der Waals surface area contributed by atoms with Gasteiger partial charge in [0.2, 0.25) is 0 Å². The number of hydrogen-bond acceptors (Lipinski definition) is 3. The molecule has 2 rings (SSSR count). The van der Waals surface area contributed by atoms with Gasteiger partial charge in [-0.05, 0) is 25.0 Å². The lowest BCUT2D eigenvalue weighted by Gasteiger charge is -2.19. The number of benzene rings is 1. The summed E-state index contributed by atoms with van der Waals surface area (Å²) in [6, 6.07) is 7.57. The number of allylic oxidation sites excluding steroid dienone is 2. The first-order valence-corrected chi connectivity index (χ1v) is 5.53. The molecular weight excluding hydrogens is 200 g/mol. The molecule has 1 atom stereocenters. The number of para-hydroxylation sites is 2. The molecule has 1 aliphatic rings. The van der Waals surface area contributed by atoms with Gasteiger partial charge in [-0.1, -0.05) is 19.1 Å². The normalized spacial score (nSPS) is 20.4. The van der Waals surface area contributed by atoms with E-state index in [9.17, 15) is 4.79 Å². The number of anilines is 2. The Labute approximate surface area is 95.3 Å². The van der Waals surface area contributed by atoms with Gasteiger partial charge in [0, 0.05) is 17.7 Å². The number of nitrogen functional groups attached to an aromatic ring is 1. The number of carbonyl (C=O) groups is 1. The lowest BCUT2D eigenvalue weighted by atomic mass is 9.93. The fourth-order valence-corrected chi connectivity index (χ4v) is 1.78. The van der Waals surface area contributed by atoms with E-state index >= 15 is 0 Å². The van der Waals surface area contributed by atoms with E-state index in [4.69, 9.17) is 5.73 Å². The summed E-state index contributed by atoms with van der Waals surface area (Å²) >= 11 is 0. The predicted molar refractivity (Wildman–Crippen MR) is 66.0 cm³/mol. The third kappa shape index (κ3) is 2.24. The van der Waals surface area contributed by atoms with Gasteiger partial charge in [-0.15, -0.1) is 0 Å². The Morgan fingerprint density at radius 1 is 1.38 bits per heavy atom. The summed E-state index contributed by atoms with van der Waals surface area (Å²) in [5.74, 6) is 0.349. The topological polar surface area (TPSA) is 55.1 Å². The van der Waals surface area contributed by atoms with E-state index < -0.39 is 0 Å². The van der Waals surface area contributed by atoms with Gasteiger partial charge in [0.15, 0.2) is 5.78 Å². The third-order valence-corrected chi connectivity index (χ3v) is 2.90. The van der Waals surface area contributed by atoms with Gasteiger partial charge >= 0.3 is 0 Å². The largest absolute Gasteiger partial charge is 0.397 e. The zero-order chi connectivity index (χ0) is 11.5. The van der Waals surface area contributed by atoms with E-state index in [0.717, 1.165) is 24.2 Å². The molecule has 0 radical (unpaired) electrons. The van der Waals surface area contributed by atoms with Gasteiger partial charge in [0.05, 0.1) is 11.4 Å². The molecular formula is C13H16N2O. The SMILES string of the molecule is CC1CCC(Nc2ccccc2N)=CC1=O. The molecule has 0 aliphatic heterocycles. The average molecular weight is 216 g/mol. The molecule has 0 fully saturated rings. The van der Waals surface area contributed by atoms with Crippen LogP contribution in [0.5, 0.6) is 0 Å². The number of nitrogens with one attached hydrogen (secondary N) is 1. The van der Waals surface area contributed by atoms with Gasteiger partial charge in [-0.2, -0.15) is 0 Å². The van der Waals surface area contributed by atoms with E-state index in [1.807, 2.05) is 31.2 Å². The van der Waals surface area contributed by atoms with Crippen LogP contribution >= 0.6 is 0 Å². The van der Waals surface area contributed by atoms with Crippen molar-refractivity contribution in [2.45, 2.75) is 19.8 Å². The van der Waals surface area contributed by atoms with Crippen LogP contribution in [0.4, 0.5) is 11.4 Å². The molecule has 0 aromatic heterocycles. The van der Waals surface area contributed by atoms with Crippen LogP contribution in [0.3, 0.4) is 0 Å². The van der Waals surface area contributed by atoms with Crippen molar-refractivity contribution in [1.29, 1.82) is 0 Å². The number of carbonyl (C=O) groups excluding carboxylic acids is 1. The van der Waals surface area contributed by atoms with E-state index in [-0.39, 0.29) is 11.7 Å². The van der Waals surface area contributed by atoms with Crippen LogP contribution in [0, 0.1) is 5.92 Å². The number of hydrogen-bond donors (Lipinski definition) is 2. The Morgan fingerprint density at radius 2 is 2.12 bits per heavy atom. The number of nitrogens with two attached hydrogens (primary N) is 1. The highest BCUT2D eigenvalue weighted by Gasteiger charge is 2.17. The molecule has 0 bridgehead atoms. The molecule has 1 unspecified atom stereocenters. The average Bonchev–Trinajstić information content (AvgIpc) is 2.27. The highest BCUT2D eigenvalue weighted by Crippen LogP contribution is 2.24. The summed E-state index contributed by atoms with van der Waals surface area (Å²) < 4.78 is 0. The highest BCUT2D eigenvalue weighted by atomic mass is 16.1. The van der Waals surface area contributed by atoms with Crippen LogP contribution in [-0.2, 0) is 4.79 Å². The molecule has 3 N–H and O–H groups in total. The summed E-state index contributed by atoms with van der Waals surface area (Å²) in [6.07, 6.45) is 3.51. The number of ketones is 1. The molecule has 0 amide bonds. The molecule has 16 heavy (non-hydrogen) atoms. The van der Waals surface area contributed by atoms with E-state index in [1.165, 1.54) is 0 Å². The molecule has 0 spiro atoms. The van der Waals surface area contributed by atoms with Crippen molar-refractivity contribution in [3.63, 3.8) is 0 Å². The second kappa shape index (κ2) is 4.39. The van der Waals surface area contributed by atoms with Crippen LogP contribution in [0.2, 0.25) is 0 Å². The van der Waals surface area contributed by atoms with E-state index in [2.05, 4.69) is 5.32 Å². The van der Waals surface area contributed by atoms with Crippen LogP contribution in [0.25, 0.3) is 0 Å². The zero-order valence-corrected chi connectivity index (χ0v) is 9.36. The van der Waals surface area contributed by atoms with Crippen LogP contribution in [0.15, 0.2) is 36.0 Å². The lowest BCUT2D eigenvalue weighted by Crippen LogP contribution is -2.17. The molecule has 0 heterocycles. The predicted octanol–water partition coefficient (Wildman–Crippen LogP) is 2.56. The van der Waals surface area contributed by atoms with Crippen molar-refractivity contribution in [2.75, 3.05) is 11.1 Å². The summed E-state index contributed by atoms with van der Waals surface area (Å²) in [4.78, 5) is 11.5. The monoisotopic (exact) mass is 216 g/mol. The third-order valence-electron chi connectivity index (χ3n) is 2.90. The highest BCUT2D eigenvalue weighted by molar-refractivity contribution is 5.93. The Bertz CT molecular complexity index is 437. The fourth-order valence-electron chi connectivity index (χ4n) is 1.78. The Morgan fingerprint density at radius 3 is 2.81 bits per heavy atom. The first kappa shape index (κ1) is 10.7. The van der Waals surface area contributed by atoms with Gasteiger partial charge < -0.3 is 11.1 Å². The molecule has 0 saturated heterocycles. The maximum absolute atomic E-state index is 11.5. The van der Waals surface area contributed by atoms with Gasteiger partial charge in [0.1, 0.15) is 0 Å². The van der Waals surface area contributed by atoms with Gasteiger partial charge in [0.25, 0.3) is 0 Å². The molecule has 1 aliphatic carbocycles. The zero-order valence-electron chi connectivity index (χ0n) is 9.36. The summed E-state index contributed by atoms with van der Waals surface area (Å²) in [7, 11) is 0. The molecule has 1 aromatic carbocycles.